The molecule has 34 heavy (non-hydrogen) atoms. The molecule has 0 saturated carbocycles. The number of nitrogens with two attached hydrogens (primary N) is 1. The van der Waals surface area contributed by atoms with Gasteiger partial charge in [-0.25, -0.2) is 26.8 Å². The number of nitrogen functional groups attached to an aromatic ring is 1. The standard InChI is InChI=1S/C19H19N4O8PS2/c1-33(28,29)14-6-2-12(3-7-14)16-10-21-18(20)17(23-16)19(24)22-13-4-8-15(9-5-13)34(30,31)11-32(25,26)27/h2-10H,11H2,1H3,(H2,20,21)(H,22,24)(H2,25,26,27). The summed E-state index contributed by atoms with van der Waals surface area (Å²) in [6, 6.07) is 10.5. The van der Waals surface area contributed by atoms with Crippen LogP contribution in [0.1, 0.15) is 10.5 Å². The second-order valence-corrected chi connectivity index (χ2v) is 13.3. The van der Waals surface area contributed by atoms with Crippen molar-refractivity contribution in [3.63, 3.8) is 0 Å². The molecular weight excluding hydrogens is 507 g/mol. The predicted octanol–water partition coefficient (Wildman–Crippen LogP) is 1.29. The second kappa shape index (κ2) is 9.24. The zero-order valence-electron chi connectivity index (χ0n) is 17.5. The summed E-state index contributed by atoms with van der Waals surface area (Å²) in [6.45, 7) is 0. The fraction of sp³-hybridized carbons (Fsp3) is 0.105. The van der Waals surface area contributed by atoms with Gasteiger partial charge in [0.1, 0.15) is 0 Å². The van der Waals surface area contributed by atoms with Gasteiger partial charge in [0.2, 0.25) is 0 Å². The first-order valence-corrected chi connectivity index (χ1v) is 14.6. The average molecular weight is 526 g/mol. The normalized spacial score (nSPS) is 12.3. The number of aromatic nitrogens is 2. The number of sulfone groups is 2. The Hall–Kier alpha value is -3.16. The Balaban J connectivity index is 1.82. The Morgan fingerprint density at radius 3 is 2.09 bits per heavy atom. The van der Waals surface area contributed by atoms with E-state index < -0.39 is 38.7 Å². The van der Waals surface area contributed by atoms with E-state index in [4.69, 9.17) is 15.5 Å². The Morgan fingerprint density at radius 1 is 1.00 bits per heavy atom. The predicted molar refractivity (Wildman–Crippen MR) is 123 cm³/mol. The fourth-order valence-electron chi connectivity index (χ4n) is 2.81. The Bertz CT molecular complexity index is 1500. The van der Waals surface area contributed by atoms with Gasteiger partial charge in [-0.2, -0.15) is 0 Å². The summed E-state index contributed by atoms with van der Waals surface area (Å²) < 4.78 is 58.3. The number of rotatable bonds is 7. The zero-order valence-corrected chi connectivity index (χ0v) is 20.0. The maximum Gasteiger partial charge on any atom is 0.340 e. The lowest BCUT2D eigenvalue weighted by Gasteiger charge is -2.10. The van der Waals surface area contributed by atoms with Gasteiger partial charge in [-0.3, -0.25) is 9.36 Å². The molecule has 0 aliphatic rings. The molecule has 1 aromatic heterocycles. The molecule has 0 radical (unpaired) electrons. The van der Waals surface area contributed by atoms with Crippen molar-refractivity contribution in [2.24, 2.45) is 0 Å². The number of carbonyl (C=O) groups excluding carboxylic acids is 1. The number of hydrogen-bond donors (Lipinski definition) is 4. The summed E-state index contributed by atoms with van der Waals surface area (Å²) in [6.07, 6.45) is 2.40. The molecule has 0 unspecified atom stereocenters. The van der Waals surface area contributed by atoms with Crippen LogP contribution >= 0.6 is 7.60 Å². The van der Waals surface area contributed by atoms with E-state index in [1.54, 1.807) is 0 Å². The van der Waals surface area contributed by atoms with Gasteiger partial charge in [0.15, 0.2) is 36.7 Å². The van der Waals surface area contributed by atoms with Crippen LogP contribution in [0.2, 0.25) is 0 Å². The molecule has 0 saturated heterocycles. The maximum atomic E-state index is 12.7. The van der Waals surface area contributed by atoms with Crippen molar-refractivity contribution in [2.75, 3.05) is 22.8 Å². The largest absolute Gasteiger partial charge is 0.382 e. The average Bonchev–Trinajstić information content (AvgIpc) is 2.72. The maximum absolute atomic E-state index is 12.7. The molecule has 2 aromatic carbocycles. The van der Waals surface area contributed by atoms with Crippen molar-refractivity contribution in [1.29, 1.82) is 0 Å². The molecule has 1 heterocycles. The highest BCUT2D eigenvalue weighted by atomic mass is 32.2. The monoisotopic (exact) mass is 526 g/mol. The van der Waals surface area contributed by atoms with Crippen molar-refractivity contribution in [2.45, 2.75) is 9.79 Å². The van der Waals surface area contributed by atoms with Crippen molar-refractivity contribution in [1.82, 2.24) is 9.97 Å². The highest BCUT2D eigenvalue weighted by Crippen LogP contribution is 2.38. The highest BCUT2D eigenvalue weighted by molar-refractivity contribution is 7.97. The van der Waals surface area contributed by atoms with E-state index in [0.717, 1.165) is 18.4 Å². The van der Waals surface area contributed by atoms with E-state index in [9.17, 15) is 26.2 Å². The lowest BCUT2D eigenvalue weighted by Crippen LogP contribution is -2.17. The van der Waals surface area contributed by atoms with Gasteiger partial charge >= 0.3 is 7.60 Å². The highest BCUT2D eigenvalue weighted by Gasteiger charge is 2.26. The Morgan fingerprint density at radius 2 is 1.56 bits per heavy atom. The van der Waals surface area contributed by atoms with Crippen LogP contribution in [0.5, 0.6) is 0 Å². The van der Waals surface area contributed by atoms with Gasteiger partial charge in [0, 0.05) is 17.5 Å². The van der Waals surface area contributed by atoms with Crippen molar-refractivity contribution >= 4 is 44.7 Å². The third kappa shape index (κ3) is 6.24. The molecular formula is C19H19N4O8PS2. The molecule has 3 aromatic rings. The minimum absolute atomic E-state index is 0.115. The topological polar surface area (TPSA) is 207 Å². The number of nitrogens with one attached hydrogen (secondary N) is 1. The van der Waals surface area contributed by atoms with Crippen LogP contribution in [0, 0.1) is 0 Å². The van der Waals surface area contributed by atoms with Gasteiger partial charge in [-0.1, -0.05) is 12.1 Å². The van der Waals surface area contributed by atoms with Crippen LogP contribution in [-0.4, -0.2) is 54.2 Å². The summed E-state index contributed by atoms with van der Waals surface area (Å²) in [4.78, 5) is 38.5. The second-order valence-electron chi connectivity index (χ2n) is 7.17. The molecule has 0 bridgehead atoms. The molecule has 1 amide bonds. The number of benzene rings is 2. The summed E-state index contributed by atoms with van der Waals surface area (Å²) in [5.41, 5.74) is 5.15. The molecule has 0 aliphatic heterocycles. The van der Waals surface area contributed by atoms with Crippen LogP contribution in [0.15, 0.2) is 64.5 Å². The van der Waals surface area contributed by atoms with Gasteiger partial charge < -0.3 is 20.8 Å². The third-order valence-electron chi connectivity index (χ3n) is 4.40. The van der Waals surface area contributed by atoms with Crippen LogP contribution in [0.25, 0.3) is 11.3 Å². The molecule has 15 heteroatoms. The molecule has 5 N–H and O–H groups in total. The van der Waals surface area contributed by atoms with E-state index >= 15 is 0 Å². The first kappa shape index (κ1) is 25.5. The third-order valence-corrected chi connectivity index (χ3v) is 9.23. The number of anilines is 2. The molecule has 180 valence electrons. The van der Waals surface area contributed by atoms with Gasteiger partial charge in [0.05, 0.1) is 21.7 Å². The lowest BCUT2D eigenvalue weighted by atomic mass is 10.1. The van der Waals surface area contributed by atoms with E-state index in [1.165, 1.54) is 42.6 Å². The van der Waals surface area contributed by atoms with Crippen LogP contribution in [0.3, 0.4) is 0 Å². The Labute approximate surface area is 194 Å². The minimum Gasteiger partial charge on any atom is -0.382 e. The van der Waals surface area contributed by atoms with Gasteiger partial charge in [0.25, 0.3) is 5.91 Å². The molecule has 0 atom stereocenters. The Kier molecular flexibility index (Phi) is 6.92. The molecule has 0 spiro atoms. The lowest BCUT2D eigenvalue weighted by molar-refractivity contribution is 0.102. The smallest absolute Gasteiger partial charge is 0.340 e. The van der Waals surface area contributed by atoms with Crippen molar-refractivity contribution in [3.8, 4) is 11.3 Å². The summed E-state index contributed by atoms with van der Waals surface area (Å²) in [5, 5.41) is 2.48. The van der Waals surface area contributed by atoms with E-state index in [-0.39, 0.29) is 32.7 Å². The summed E-state index contributed by atoms with van der Waals surface area (Å²) in [7, 11) is -12.4. The number of amides is 1. The van der Waals surface area contributed by atoms with Crippen LogP contribution < -0.4 is 11.1 Å². The molecule has 0 fully saturated rings. The van der Waals surface area contributed by atoms with E-state index in [1.807, 2.05) is 0 Å². The number of carbonyl (C=O) groups is 1. The van der Waals surface area contributed by atoms with Gasteiger partial charge in [-0.15, -0.1) is 0 Å². The molecule has 12 nitrogen and oxygen atoms in total. The van der Waals surface area contributed by atoms with E-state index in [0.29, 0.717) is 5.56 Å². The first-order chi connectivity index (χ1) is 15.7. The quantitative estimate of drug-likeness (QED) is 0.323. The van der Waals surface area contributed by atoms with E-state index in [2.05, 4.69) is 15.3 Å². The van der Waals surface area contributed by atoms with Crippen LogP contribution in [0.4, 0.5) is 11.5 Å². The number of hydrogen-bond acceptors (Lipinski definition) is 9. The number of nitrogens with zero attached hydrogens (tertiary/aromatic N) is 2. The van der Waals surface area contributed by atoms with Crippen molar-refractivity contribution in [3.05, 3.63) is 60.4 Å². The first-order valence-electron chi connectivity index (χ1n) is 9.27. The molecule has 3 rings (SSSR count). The zero-order chi connectivity index (χ0) is 25.3. The van der Waals surface area contributed by atoms with Crippen LogP contribution in [-0.2, 0) is 24.2 Å². The fourth-order valence-corrected chi connectivity index (χ4v) is 6.36. The van der Waals surface area contributed by atoms with Gasteiger partial charge in [-0.05, 0) is 36.4 Å². The SMILES string of the molecule is CS(=O)(=O)c1ccc(-c2cnc(N)c(C(=O)Nc3ccc(S(=O)(=O)CP(=O)(O)O)cc3)n2)cc1. The molecule has 0 aliphatic carbocycles. The summed E-state index contributed by atoms with van der Waals surface area (Å²) >= 11 is 0. The summed E-state index contributed by atoms with van der Waals surface area (Å²) in [5.74, 6) is -0.916. The van der Waals surface area contributed by atoms with Crippen molar-refractivity contribution < 1.29 is 36.0 Å². The minimum atomic E-state index is -4.79.